The highest BCUT2D eigenvalue weighted by Gasteiger charge is 2.35. The summed E-state index contributed by atoms with van der Waals surface area (Å²) < 4.78 is 36.2. The van der Waals surface area contributed by atoms with Crippen molar-refractivity contribution >= 4 is 30.0 Å². The van der Waals surface area contributed by atoms with Crippen LogP contribution in [0.5, 0.6) is 5.75 Å². The minimum Gasteiger partial charge on any atom is -0.483 e. The first kappa shape index (κ1) is 26.3. The summed E-state index contributed by atoms with van der Waals surface area (Å²) in [6.45, 7) is -0.337. The van der Waals surface area contributed by atoms with Crippen molar-refractivity contribution in [3.05, 3.63) is 52.5 Å². The lowest BCUT2D eigenvalue weighted by molar-refractivity contribution is -0.141. The normalized spacial score (nSPS) is 19.3. The third-order valence-electron chi connectivity index (χ3n) is 6.72. The number of carbonyl (C=O) groups is 1. The van der Waals surface area contributed by atoms with Crippen LogP contribution in [0.1, 0.15) is 30.4 Å². The van der Waals surface area contributed by atoms with Gasteiger partial charge in [-0.3, -0.25) is 9.69 Å². The molecular formula is C25H25Cl2F2N3O4. The van der Waals surface area contributed by atoms with Crippen LogP contribution in [0, 0.1) is 5.92 Å². The molecule has 2 aromatic carbocycles. The molecule has 2 unspecified atom stereocenters. The molecule has 1 aromatic heterocycles. The maximum Gasteiger partial charge on any atom is 0.306 e. The van der Waals surface area contributed by atoms with Gasteiger partial charge in [0, 0.05) is 30.3 Å². The lowest BCUT2D eigenvalue weighted by atomic mass is 10.1. The molecule has 1 N–H and O–H groups in total. The quantitative estimate of drug-likeness (QED) is 0.390. The van der Waals surface area contributed by atoms with Gasteiger partial charge in [-0.15, -0.1) is 12.4 Å². The summed E-state index contributed by atoms with van der Waals surface area (Å²) in [7, 11) is 0. The molecule has 0 spiro atoms. The second-order valence-corrected chi connectivity index (χ2v) is 9.41. The van der Waals surface area contributed by atoms with Gasteiger partial charge in [0.05, 0.1) is 10.9 Å². The van der Waals surface area contributed by atoms with E-state index in [0.29, 0.717) is 17.8 Å². The van der Waals surface area contributed by atoms with Crippen LogP contribution in [-0.4, -0.2) is 51.6 Å². The number of carboxylic acid groups (broad SMARTS) is 1. The van der Waals surface area contributed by atoms with Gasteiger partial charge in [0.2, 0.25) is 5.82 Å². The summed E-state index contributed by atoms with van der Waals surface area (Å²) in [6, 6.07) is 11.0. The van der Waals surface area contributed by atoms with E-state index in [-0.39, 0.29) is 41.0 Å². The van der Waals surface area contributed by atoms with E-state index in [9.17, 15) is 18.7 Å². The van der Waals surface area contributed by atoms with Crippen LogP contribution >= 0.6 is 24.0 Å². The molecule has 0 bridgehead atoms. The number of aliphatic carboxylic acids is 1. The zero-order valence-electron chi connectivity index (χ0n) is 19.2. The maximum absolute atomic E-state index is 12.7. The molecule has 36 heavy (non-hydrogen) atoms. The van der Waals surface area contributed by atoms with E-state index in [0.717, 1.165) is 31.5 Å². The van der Waals surface area contributed by atoms with Gasteiger partial charge in [-0.25, -0.2) is 8.78 Å². The number of rotatable bonds is 8. The monoisotopic (exact) mass is 539 g/mol. The average molecular weight is 540 g/mol. The summed E-state index contributed by atoms with van der Waals surface area (Å²) >= 11 is 6.22. The van der Waals surface area contributed by atoms with Gasteiger partial charge in [-0.2, -0.15) is 4.98 Å². The standard InChI is InChI=1S/C25H24ClF2N3O4.ClH/c26-21-9-15(4-6-22(21)34-20(10-27)11-28)24-29-23(30-35-24)14-1-2-17-12-31(13-18(17)7-14)19-5-3-16(8-19)25(32)33;/h1-2,4,6-7,9,16,19-20H,3,5,8,10-13H2,(H,32,33);1H. The summed E-state index contributed by atoms with van der Waals surface area (Å²) in [5.41, 5.74) is 3.76. The second kappa shape index (κ2) is 11.1. The third kappa shape index (κ3) is 5.33. The first-order valence-electron chi connectivity index (χ1n) is 11.5. The number of carboxylic acids is 1. The van der Waals surface area contributed by atoms with E-state index in [1.165, 1.54) is 17.2 Å². The smallest absolute Gasteiger partial charge is 0.306 e. The lowest BCUT2D eigenvalue weighted by Crippen LogP contribution is -2.28. The second-order valence-electron chi connectivity index (χ2n) is 9.01. The zero-order valence-corrected chi connectivity index (χ0v) is 20.8. The van der Waals surface area contributed by atoms with Gasteiger partial charge in [-0.05, 0) is 54.7 Å². The van der Waals surface area contributed by atoms with Crippen molar-refractivity contribution in [2.24, 2.45) is 5.92 Å². The largest absolute Gasteiger partial charge is 0.483 e. The molecule has 2 atom stereocenters. The SMILES string of the molecule is Cl.O=C(O)C1CCC(N2Cc3ccc(-c4noc(-c5ccc(OC(CF)CF)c(Cl)c5)n4)cc3C2)C1. The van der Waals surface area contributed by atoms with E-state index < -0.39 is 25.4 Å². The fourth-order valence-electron chi connectivity index (χ4n) is 4.80. The van der Waals surface area contributed by atoms with Crippen LogP contribution in [0.15, 0.2) is 40.9 Å². The molecule has 5 rings (SSSR count). The van der Waals surface area contributed by atoms with Crippen molar-refractivity contribution in [1.29, 1.82) is 0 Å². The molecule has 3 aromatic rings. The molecule has 1 aliphatic carbocycles. The highest BCUT2D eigenvalue weighted by Crippen LogP contribution is 2.36. The van der Waals surface area contributed by atoms with E-state index in [1.54, 1.807) is 12.1 Å². The number of aromatic nitrogens is 2. The highest BCUT2D eigenvalue weighted by atomic mass is 35.5. The Morgan fingerprint density at radius 1 is 1.14 bits per heavy atom. The van der Waals surface area contributed by atoms with Crippen molar-refractivity contribution in [1.82, 2.24) is 15.0 Å². The predicted molar refractivity (Wildman–Crippen MR) is 132 cm³/mol. The van der Waals surface area contributed by atoms with Gasteiger partial charge in [0.15, 0.2) is 6.10 Å². The van der Waals surface area contributed by atoms with Crippen molar-refractivity contribution < 1.29 is 27.9 Å². The van der Waals surface area contributed by atoms with Crippen molar-refractivity contribution in [2.75, 3.05) is 13.3 Å². The summed E-state index contributed by atoms with van der Waals surface area (Å²) in [4.78, 5) is 18.1. The number of fused-ring (bicyclic) bond motifs is 1. The summed E-state index contributed by atoms with van der Waals surface area (Å²) in [6.07, 6.45) is 1.13. The first-order valence-corrected chi connectivity index (χ1v) is 11.8. The number of hydrogen-bond donors (Lipinski definition) is 1. The van der Waals surface area contributed by atoms with E-state index in [1.807, 2.05) is 12.1 Å². The number of ether oxygens (including phenoxy) is 1. The molecule has 11 heteroatoms. The van der Waals surface area contributed by atoms with Crippen LogP contribution in [-0.2, 0) is 17.9 Å². The van der Waals surface area contributed by atoms with Crippen LogP contribution in [0.4, 0.5) is 8.78 Å². The van der Waals surface area contributed by atoms with E-state index in [4.69, 9.17) is 20.9 Å². The zero-order chi connectivity index (χ0) is 24.5. The Bertz CT molecular complexity index is 1240. The first-order chi connectivity index (χ1) is 16.9. The Morgan fingerprint density at radius 3 is 2.58 bits per heavy atom. The molecule has 0 saturated heterocycles. The molecule has 2 aliphatic rings. The third-order valence-corrected chi connectivity index (χ3v) is 7.02. The molecule has 1 saturated carbocycles. The van der Waals surface area contributed by atoms with Crippen LogP contribution in [0.25, 0.3) is 22.8 Å². The number of benzene rings is 2. The number of nitrogens with zero attached hydrogens (tertiary/aromatic N) is 3. The predicted octanol–water partition coefficient (Wildman–Crippen LogP) is 5.73. The van der Waals surface area contributed by atoms with E-state index in [2.05, 4.69) is 21.1 Å². The van der Waals surface area contributed by atoms with E-state index >= 15 is 0 Å². The summed E-state index contributed by atoms with van der Waals surface area (Å²) in [5, 5.41) is 13.6. The average Bonchev–Trinajstić information content (AvgIpc) is 3.61. The minimum absolute atomic E-state index is 0. The van der Waals surface area contributed by atoms with Gasteiger partial charge in [0.25, 0.3) is 5.89 Å². The van der Waals surface area contributed by atoms with Crippen molar-refractivity contribution in [3.63, 3.8) is 0 Å². The topological polar surface area (TPSA) is 88.7 Å². The molecular weight excluding hydrogens is 515 g/mol. The van der Waals surface area contributed by atoms with Gasteiger partial charge in [0.1, 0.15) is 19.1 Å². The number of halogens is 4. The fourth-order valence-corrected chi connectivity index (χ4v) is 5.03. The molecule has 7 nitrogen and oxygen atoms in total. The Kier molecular flexibility index (Phi) is 8.12. The number of alkyl halides is 2. The molecule has 192 valence electrons. The van der Waals surface area contributed by atoms with Gasteiger partial charge in [-0.1, -0.05) is 28.9 Å². The maximum atomic E-state index is 12.7. The Labute approximate surface area is 217 Å². The van der Waals surface area contributed by atoms with Crippen LogP contribution in [0.3, 0.4) is 0 Å². The molecule has 0 amide bonds. The number of hydrogen-bond acceptors (Lipinski definition) is 6. The molecule has 0 radical (unpaired) electrons. The highest BCUT2D eigenvalue weighted by molar-refractivity contribution is 6.32. The Hall–Kier alpha value is -2.75. The Morgan fingerprint density at radius 2 is 1.89 bits per heavy atom. The summed E-state index contributed by atoms with van der Waals surface area (Å²) in [5.74, 6) is -0.0877. The van der Waals surface area contributed by atoms with Crippen LogP contribution < -0.4 is 4.74 Å². The molecule has 1 fully saturated rings. The lowest BCUT2D eigenvalue weighted by Gasteiger charge is -2.23. The van der Waals surface area contributed by atoms with Crippen molar-refractivity contribution in [3.8, 4) is 28.6 Å². The minimum atomic E-state index is -1.20. The van der Waals surface area contributed by atoms with Crippen molar-refractivity contribution in [2.45, 2.75) is 44.5 Å². The molecule has 1 aliphatic heterocycles. The Balaban J connectivity index is 0.00000304. The fraction of sp³-hybridized carbons (Fsp3) is 0.400. The van der Waals surface area contributed by atoms with Gasteiger partial charge >= 0.3 is 5.97 Å². The van der Waals surface area contributed by atoms with Crippen LogP contribution in [0.2, 0.25) is 5.02 Å². The molecule has 2 heterocycles. The van der Waals surface area contributed by atoms with Gasteiger partial charge < -0.3 is 14.4 Å².